The van der Waals surface area contributed by atoms with E-state index in [2.05, 4.69) is 15.3 Å². The maximum Gasteiger partial charge on any atom is 0.410 e. The van der Waals surface area contributed by atoms with Crippen molar-refractivity contribution in [3.63, 3.8) is 0 Å². The van der Waals surface area contributed by atoms with Gasteiger partial charge in [0, 0.05) is 13.1 Å². The van der Waals surface area contributed by atoms with Crippen molar-refractivity contribution in [3.05, 3.63) is 43.9 Å². The summed E-state index contributed by atoms with van der Waals surface area (Å²) in [4.78, 5) is 40.7. The molecule has 13 nitrogen and oxygen atoms in total. The largest absolute Gasteiger partial charge is 0.444 e. The van der Waals surface area contributed by atoms with Crippen molar-refractivity contribution in [1.82, 2.24) is 24.5 Å². The van der Waals surface area contributed by atoms with Crippen molar-refractivity contribution >= 4 is 57.8 Å². The molecule has 0 radical (unpaired) electrons. The fraction of sp³-hybridized carbons (Fsp3) is 0.417. The number of piperazine rings is 1. The molecule has 0 saturated carbocycles. The lowest BCUT2D eigenvalue weighted by Crippen LogP contribution is -2.57. The molecular formula is C24H28Cl2N10O3. The van der Waals surface area contributed by atoms with Crippen molar-refractivity contribution in [2.75, 3.05) is 48.0 Å². The van der Waals surface area contributed by atoms with Gasteiger partial charge in [0.15, 0.2) is 11.6 Å². The van der Waals surface area contributed by atoms with Crippen LogP contribution in [-0.2, 0) is 4.74 Å². The zero-order valence-electron chi connectivity index (χ0n) is 21.8. The molecule has 0 bridgehead atoms. The minimum Gasteiger partial charge on any atom is -0.444 e. The summed E-state index contributed by atoms with van der Waals surface area (Å²) in [7, 11) is 0. The molecule has 3 heterocycles. The predicted octanol–water partition coefficient (Wildman–Crippen LogP) is 2.89. The second-order valence-electron chi connectivity index (χ2n) is 9.93. The van der Waals surface area contributed by atoms with Crippen molar-refractivity contribution < 1.29 is 9.53 Å². The third kappa shape index (κ3) is 5.71. The molecule has 1 atom stereocenters. The molecule has 1 saturated heterocycles. The Bertz CT molecular complexity index is 1540. The van der Waals surface area contributed by atoms with Gasteiger partial charge in [0.1, 0.15) is 23.1 Å². The summed E-state index contributed by atoms with van der Waals surface area (Å²) >= 11 is 12.8. The average Bonchev–Trinajstić information content (AvgIpc) is 2.84. The second kappa shape index (κ2) is 10.6. The van der Waals surface area contributed by atoms with E-state index in [0.717, 1.165) is 0 Å². The summed E-state index contributed by atoms with van der Waals surface area (Å²) in [5.41, 5.74) is 10.8. The molecule has 0 spiro atoms. The number of fused-ring (bicyclic) bond motifs is 1. The van der Waals surface area contributed by atoms with Gasteiger partial charge in [-0.1, -0.05) is 23.2 Å². The molecule has 206 valence electrons. The number of halogens is 2. The van der Waals surface area contributed by atoms with E-state index in [1.165, 1.54) is 10.7 Å². The average molecular weight is 575 g/mol. The lowest BCUT2D eigenvalue weighted by molar-refractivity contribution is 0.0231. The van der Waals surface area contributed by atoms with Crippen LogP contribution >= 0.6 is 23.2 Å². The molecule has 5 N–H and O–H groups in total. The van der Waals surface area contributed by atoms with E-state index >= 15 is 0 Å². The first kappa shape index (κ1) is 28.0. The van der Waals surface area contributed by atoms with Gasteiger partial charge in [0.25, 0.3) is 5.56 Å². The first-order chi connectivity index (χ1) is 18.3. The molecule has 1 unspecified atom stereocenters. The molecule has 2 aromatic heterocycles. The monoisotopic (exact) mass is 574 g/mol. The molecule has 15 heteroatoms. The van der Waals surface area contributed by atoms with Gasteiger partial charge in [0.05, 0.1) is 40.1 Å². The lowest BCUT2D eigenvalue weighted by Gasteiger charge is -2.38. The number of ether oxygens (including phenoxy) is 1. The molecule has 4 rings (SSSR count). The predicted molar refractivity (Wildman–Crippen MR) is 149 cm³/mol. The molecule has 39 heavy (non-hydrogen) atoms. The highest BCUT2D eigenvalue weighted by atomic mass is 35.5. The normalized spacial score (nSPS) is 14.7. The Morgan fingerprint density at radius 1 is 1.13 bits per heavy atom. The van der Waals surface area contributed by atoms with Crippen LogP contribution in [0.25, 0.3) is 10.9 Å². The molecule has 1 amide bonds. The van der Waals surface area contributed by atoms with E-state index < -0.39 is 23.3 Å². The van der Waals surface area contributed by atoms with Gasteiger partial charge in [-0.2, -0.15) is 15.2 Å². The lowest BCUT2D eigenvalue weighted by atomic mass is 10.2. The number of aromatic nitrogens is 4. The van der Waals surface area contributed by atoms with Crippen molar-refractivity contribution in [3.8, 4) is 6.07 Å². The fourth-order valence-corrected chi connectivity index (χ4v) is 4.60. The topological polar surface area (TPSA) is 181 Å². The highest BCUT2D eigenvalue weighted by Gasteiger charge is 2.30. The molecule has 0 aliphatic carbocycles. The Kier molecular flexibility index (Phi) is 7.63. The van der Waals surface area contributed by atoms with Gasteiger partial charge >= 0.3 is 6.09 Å². The smallest absolute Gasteiger partial charge is 0.410 e. The van der Waals surface area contributed by atoms with Gasteiger partial charge in [-0.3, -0.25) is 4.79 Å². The van der Waals surface area contributed by atoms with Crippen LogP contribution in [0.5, 0.6) is 0 Å². The highest BCUT2D eigenvalue weighted by Crippen LogP contribution is 2.29. The summed E-state index contributed by atoms with van der Waals surface area (Å²) in [6.45, 7) is 8.36. The maximum atomic E-state index is 13.9. The van der Waals surface area contributed by atoms with Gasteiger partial charge in [-0.05, 0) is 39.8 Å². The third-order valence-corrected chi connectivity index (χ3v) is 6.54. The van der Waals surface area contributed by atoms with Crippen molar-refractivity contribution in [2.24, 2.45) is 0 Å². The second-order valence-corrected chi connectivity index (χ2v) is 10.7. The Balaban J connectivity index is 1.77. The molecule has 1 aromatic carbocycles. The Hall–Kier alpha value is -4.02. The fourth-order valence-electron chi connectivity index (χ4n) is 4.16. The van der Waals surface area contributed by atoms with Gasteiger partial charge in [-0.15, -0.1) is 0 Å². The summed E-state index contributed by atoms with van der Waals surface area (Å²) in [5, 5.41) is 15.0. The summed E-state index contributed by atoms with van der Waals surface area (Å²) in [6.07, 6.45) is -0.431. The Labute approximate surface area is 234 Å². The number of hydrogen-bond donors (Lipinski definition) is 3. The molecule has 1 aliphatic rings. The minimum absolute atomic E-state index is 0.00205. The van der Waals surface area contributed by atoms with Gasteiger partial charge in [-0.25, -0.2) is 14.5 Å². The third-order valence-electron chi connectivity index (χ3n) is 5.92. The number of amides is 1. The van der Waals surface area contributed by atoms with Crippen LogP contribution in [0.15, 0.2) is 16.9 Å². The zero-order chi connectivity index (χ0) is 28.6. The van der Waals surface area contributed by atoms with Crippen LogP contribution in [0.2, 0.25) is 10.0 Å². The maximum absolute atomic E-state index is 13.9. The van der Waals surface area contributed by atoms with E-state index in [0.29, 0.717) is 26.2 Å². The van der Waals surface area contributed by atoms with E-state index in [4.69, 9.17) is 44.4 Å². The number of nitrogen functional groups attached to an aromatic ring is 2. The number of nitriles is 1. The van der Waals surface area contributed by atoms with E-state index in [1.807, 2.05) is 6.07 Å². The van der Waals surface area contributed by atoms with Crippen LogP contribution in [-0.4, -0.2) is 62.4 Å². The van der Waals surface area contributed by atoms with Gasteiger partial charge < -0.3 is 31.4 Å². The summed E-state index contributed by atoms with van der Waals surface area (Å²) in [6, 6.07) is 4.36. The van der Waals surface area contributed by atoms with Crippen LogP contribution in [0, 0.1) is 11.3 Å². The zero-order valence-corrected chi connectivity index (χ0v) is 23.3. The number of rotatable bonds is 4. The van der Waals surface area contributed by atoms with Crippen LogP contribution in [0.3, 0.4) is 0 Å². The molecule has 1 aliphatic heterocycles. The SMILES string of the molecule is CC(Nc1nc(N)nc(N)c1C#N)c1nc2c(Cl)ccc(Cl)c2c(=O)n1N1CCN(C(=O)OC(C)(C)C)CC1. The number of anilines is 3. The van der Waals surface area contributed by atoms with Gasteiger partial charge in [0.2, 0.25) is 5.95 Å². The molecule has 1 fully saturated rings. The number of nitrogens with two attached hydrogens (primary N) is 2. The number of nitrogens with one attached hydrogen (secondary N) is 1. The minimum atomic E-state index is -0.693. The van der Waals surface area contributed by atoms with E-state index in [9.17, 15) is 14.9 Å². The Morgan fingerprint density at radius 3 is 2.38 bits per heavy atom. The number of nitrogens with zero attached hydrogens (tertiary/aromatic N) is 7. The van der Waals surface area contributed by atoms with Crippen LogP contribution in [0.1, 0.15) is 45.1 Å². The number of carbonyl (C=O) groups excluding carboxylic acids is 1. The number of hydrogen-bond acceptors (Lipinski definition) is 11. The summed E-state index contributed by atoms with van der Waals surface area (Å²) < 4.78 is 6.90. The quantitative estimate of drug-likeness (QED) is 0.416. The molecular weight excluding hydrogens is 547 g/mol. The summed E-state index contributed by atoms with van der Waals surface area (Å²) in [5.74, 6) is 0.139. The number of benzene rings is 1. The van der Waals surface area contributed by atoms with E-state index in [-0.39, 0.29) is 49.9 Å². The van der Waals surface area contributed by atoms with Crippen molar-refractivity contribution in [1.29, 1.82) is 5.26 Å². The van der Waals surface area contributed by atoms with Crippen molar-refractivity contribution in [2.45, 2.75) is 39.3 Å². The Morgan fingerprint density at radius 2 is 1.77 bits per heavy atom. The van der Waals surface area contributed by atoms with Crippen LogP contribution in [0.4, 0.5) is 22.4 Å². The first-order valence-electron chi connectivity index (χ1n) is 12.0. The first-order valence-corrected chi connectivity index (χ1v) is 12.8. The van der Waals surface area contributed by atoms with E-state index in [1.54, 1.807) is 43.7 Å². The molecule has 3 aromatic rings. The number of carbonyl (C=O) groups is 1. The standard InChI is InChI=1S/C24H28Cl2N10O3/c1-12(30-19-13(11-27)18(28)32-22(29)33-19)20-31-17-15(26)6-5-14(25)16(17)21(37)36(20)35-9-7-34(8-10-35)23(38)39-24(2,3)4/h5-6,12H,7-10H2,1-4H3,(H5,28,29,30,32,33). The highest BCUT2D eigenvalue weighted by molar-refractivity contribution is 6.39. The van der Waals surface area contributed by atoms with Crippen LogP contribution < -0.4 is 27.4 Å².